The summed E-state index contributed by atoms with van der Waals surface area (Å²) in [6.07, 6.45) is 0. The van der Waals surface area contributed by atoms with Crippen LogP contribution in [0.3, 0.4) is 0 Å². The molecule has 0 unspecified atom stereocenters. The van der Waals surface area contributed by atoms with E-state index in [9.17, 15) is 4.79 Å². The molecule has 2 N–H and O–H groups in total. The van der Waals surface area contributed by atoms with Gasteiger partial charge in [0, 0.05) is 6.54 Å². The summed E-state index contributed by atoms with van der Waals surface area (Å²) in [5.74, 6) is -0.268. The number of nitrogens with two attached hydrogens (primary N) is 1. The maximum absolute atomic E-state index is 12.2. The van der Waals surface area contributed by atoms with Crippen LogP contribution in [0.15, 0.2) is 18.2 Å². The lowest BCUT2D eigenvalue weighted by Crippen LogP contribution is -2.37. The Balaban J connectivity index is 3.06. The molecule has 0 radical (unpaired) electrons. The van der Waals surface area contributed by atoms with E-state index in [-0.39, 0.29) is 23.0 Å². The highest BCUT2D eigenvalue weighted by Gasteiger charge is 2.20. The predicted octanol–water partition coefficient (Wildman–Crippen LogP) is 2.74. The van der Waals surface area contributed by atoms with E-state index in [0.717, 1.165) is 0 Å². The maximum Gasteiger partial charge on any atom is 0.257 e. The zero-order chi connectivity index (χ0) is 13.0. The van der Waals surface area contributed by atoms with Crippen molar-refractivity contribution in [2.24, 2.45) is 5.73 Å². The molecular formula is C11H12Cl2N2OS. The molecule has 0 fully saturated rings. The van der Waals surface area contributed by atoms with Gasteiger partial charge >= 0.3 is 0 Å². The molecule has 0 atom stereocenters. The molecule has 0 saturated carbocycles. The molecule has 0 saturated heterocycles. The lowest BCUT2D eigenvalue weighted by atomic mass is 10.2. The molecule has 3 nitrogen and oxygen atoms in total. The first kappa shape index (κ1) is 14.2. The zero-order valence-electron chi connectivity index (χ0n) is 9.24. The van der Waals surface area contributed by atoms with E-state index in [1.54, 1.807) is 18.2 Å². The van der Waals surface area contributed by atoms with Gasteiger partial charge in [0.15, 0.2) is 0 Å². The van der Waals surface area contributed by atoms with Crippen molar-refractivity contribution < 1.29 is 4.79 Å². The normalized spacial score (nSPS) is 10.1. The monoisotopic (exact) mass is 290 g/mol. The Bertz CT molecular complexity index is 431. The number of carbonyl (C=O) groups excluding carboxylic acids is 1. The van der Waals surface area contributed by atoms with Crippen LogP contribution < -0.4 is 5.73 Å². The van der Waals surface area contributed by atoms with Crippen molar-refractivity contribution in [2.45, 2.75) is 6.92 Å². The van der Waals surface area contributed by atoms with Crippen molar-refractivity contribution in [1.82, 2.24) is 4.90 Å². The number of hydrogen-bond donors (Lipinski definition) is 1. The predicted molar refractivity (Wildman–Crippen MR) is 74.8 cm³/mol. The zero-order valence-corrected chi connectivity index (χ0v) is 11.6. The SMILES string of the molecule is CCN(CC(N)=S)C(=O)c1c(Cl)cccc1Cl. The highest BCUT2D eigenvalue weighted by atomic mass is 35.5. The van der Waals surface area contributed by atoms with E-state index in [0.29, 0.717) is 16.6 Å². The van der Waals surface area contributed by atoms with Crippen LogP contribution in [0.1, 0.15) is 17.3 Å². The minimum Gasteiger partial charge on any atom is -0.392 e. The van der Waals surface area contributed by atoms with E-state index >= 15 is 0 Å². The summed E-state index contributed by atoms with van der Waals surface area (Å²) in [5, 5.41) is 0.646. The second-order valence-electron chi connectivity index (χ2n) is 3.38. The van der Waals surface area contributed by atoms with Crippen LogP contribution in [0.2, 0.25) is 10.0 Å². The Morgan fingerprint density at radius 3 is 2.35 bits per heavy atom. The maximum atomic E-state index is 12.2. The van der Waals surface area contributed by atoms with Gasteiger partial charge in [-0.15, -0.1) is 0 Å². The molecule has 17 heavy (non-hydrogen) atoms. The highest BCUT2D eigenvalue weighted by molar-refractivity contribution is 7.80. The van der Waals surface area contributed by atoms with Gasteiger partial charge < -0.3 is 10.6 Å². The molecule has 0 aliphatic rings. The molecule has 0 aromatic heterocycles. The fraction of sp³-hybridized carbons (Fsp3) is 0.273. The second kappa shape index (κ2) is 6.19. The smallest absolute Gasteiger partial charge is 0.257 e. The minimum absolute atomic E-state index is 0.215. The number of halogens is 2. The summed E-state index contributed by atoms with van der Waals surface area (Å²) in [4.78, 5) is 13.9. The van der Waals surface area contributed by atoms with Gasteiger partial charge in [-0.2, -0.15) is 0 Å². The number of carbonyl (C=O) groups is 1. The summed E-state index contributed by atoms with van der Waals surface area (Å²) in [5.41, 5.74) is 5.72. The summed E-state index contributed by atoms with van der Waals surface area (Å²) < 4.78 is 0. The lowest BCUT2D eigenvalue weighted by Gasteiger charge is -2.21. The van der Waals surface area contributed by atoms with Gasteiger partial charge in [-0.1, -0.05) is 41.5 Å². The van der Waals surface area contributed by atoms with Gasteiger partial charge in [0.1, 0.15) is 0 Å². The lowest BCUT2D eigenvalue weighted by molar-refractivity contribution is 0.0788. The van der Waals surface area contributed by atoms with Crippen molar-refractivity contribution in [3.63, 3.8) is 0 Å². The van der Waals surface area contributed by atoms with Crippen molar-refractivity contribution >= 4 is 46.3 Å². The van der Waals surface area contributed by atoms with Crippen LogP contribution in [0.4, 0.5) is 0 Å². The fourth-order valence-electron chi connectivity index (χ4n) is 1.38. The van der Waals surface area contributed by atoms with Crippen molar-refractivity contribution in [3.8, 4) is 0 Å². The third kappa shape index (κ3) is 3.56. The summed E-state index contributed by atoms with van der Waals surface area (Å²) >= 11 is 16.7. The van der Waals surface area contributed by atoms with Gasteiger partial charge in [-0.25, -0.2) is 0 Å². The van der Waals surface area contributed by atoms with Crippen molar-refractivity contribution in [3.05, 3.63) is 33.8 Å². The molecular weight excluding hydrogens is 279 g/mol. The second-order valence-corrected chi connectivity index (χ2v) is 4.72. The Morgan fingerprint density at radius 1 is 1.41 bits per heavy atom. The number of nitrogens with zero attached hydrogens (tertiary/aromatic N) is 1. The van der Waals surface area contributed by atoms with Gasteiger partial charge in [0.2, 0.25) is 0 Å². The molecule has 1 aromatic rings. The molecule has 1 aromatic carbocycles. The number of benzene rings is 1. The molecule has 92 valence electrons. The Labute approximate surface area is 115 Å². The van der Waals surface area contributed by atoms with Gasteiger partial charge in [-0.3, -0.25) is 4.79 Å². The fourth-order valence-corrected chi connectivity index (χ4v) is 2.09. The Morgan fingerprint density at radius 2 is 1.94 bits per heavy atom. The topological polar surface area (TPSA) is 46.3 Å². The minimum atomic E-state index is -0.268. The van der Waals surface area contributed by atoms with Crippen LogP contribution in [-0.4, -0.2) is 28.9 Å². The standard InChI is InChI=1S/C11H12Cl2N2OS/c1-2-15(6-9(14)17)11(16)10-7(12)4-3-5-8(10)13/h3-5H,2,6H2,1H3,(H2,14,17). The number of thiocarbonyl (C=S) groups is 1. The summed E-state index contributed by atoms with van der Waals surface area (Å²) in [6, 6.07) is 4.93. The van der Waals surface area contributed by atoms with Gasteiger partial charge in [-0.05, 0) is 19.1 Å². The van der Waals surface area contributed by atoms with Crippen molar-refractivity contribution in [1.29, 1.82) is 0 Å². The van der Waals surface area contributed by atoms with E-state index in [1.807, 2.05) is 6.92 Å². The average molecular weight is 291 g/mol. The highest BCUT2D eigenvalue weighted by Crippen LogP contribution is 2.25. The molecule has 0 bridgehead atoms. The quantitative estimate of drug-likeness (QED) is 0.868. The van der Waals surface area contributed by atoms with Crippen molar-refractivity contribution in [2.75, 3.05) is 13.1 Å². The van der Waals surface area contributed by atoms with E-state index < -0.39 is 0 Å². The summed E-state index contributed by atoms with van der Waals surface area (Å²) in [7, 11) is 0. The number of rotatable bonds is 4. The molecule has 0 aliphatic heterocycles. The van der Waals surface area contributed by atoms with Gasteiger partial charge in [0.05, 0.1) is 27.1 Å². The first-order valence-corrected chi connectivity index (χ1v) is 6.15. The largest absolute Gasteiger partial charge is 0.392 e. The van der Waals surface area contributed by atoms with Crippen LogP contribution in [0, 0.1) is 0 Å². The first-order valence-electron chi connectivity index (χ1n) is 4.99. The number of amides is 1. The number of hydrogen-bond acceptors (Lipinski definition) is 2. The molecule has 1 rings (SSSR count). The van der Waals surface area contributed by atoms with Crippen LogP contribution in [0.5, 0.6) is 0 Å². The van der Waals surface area contributed by atoms with Crippen LogP contribution >= 0.6 is 35.4 Å². The molecule has 0 spiro atoms. The first-order chi connectivity index (χ1) is 7.97. The van der Waals surface area contributed by atoms with E-state index in [1.165, 1.54) is 4.90 Å². The van der Waals surface area contributed by atoms with E-state index in [4.69, 9.17) is 41.2 Å². The van der Waals surface area contributed by atoms with Gasteiger partial charge in [0.25, 0.3) is 5.91 Å². The Kier molecular flexibility index (Phi) is 5.18. The number of likely N-dealkylation sites (N-methyl/N-ethyl adjacent to an activating group) is 1. The molecule has 0 heterocycles. The van der Waals surface area contributed by atoms with E-state index in [2.05, 4.69) is 0 Å². The Hall–Kier alpha value is -0.840. The average Bonchev–Trinajstić information content (AvgIpc) is 2.25. The molecule has 0 aliphatic carbocycles. The van der Waals surface area contributed by atoms with Crippen LogP contribution in [-0.2, 0) is 0 Å². The molecule has 6 heteroatoms. The molecule has 1 amide bonds. The third-order valence-corrected chi connectivity index (χ3v) is 2.95. The summed E-state index contributed by atoms with van der Waals surface area (Å²) in [6.45, 7) is 2.53. The van der Waals surface area contributed by atoms with Crippen LogP contribution in [0.25, 0.3) is 0 Å². The third-order valence-electron chi connectivity index (χ3n) is 2.19.